The van der Waals surface area contributed by atoms with Gasteiger partial charge in [-0.2, -0.15) is 5.10 Å². The molecule has 3 N–H and O–H groups in total. The molecular weight excluding hydrogens is 332 g/mol. The summed E-state index contributed by atoms with van der Waals surface area (Å²) in [4.78, 5) is 11.7. The van der Waals surface area contributed by atoms with Gasteiger partial charge in [0, 0.05) is 11.3 Å². The van der Waals surface area contributed by atoms with E-state index in [0.29, 0.717) is 11.4 Å². The van der Waals surface area contributed by atoms with E-state index in [1.165, 1.54) is 18.2 Å². The van der Waals surface area contributed by atoms with Crippen LogP contribution in [0.4, 0.5) is 11.5 Å². The van der Waals surface area contributed by atoms with Crippen LogP contribution in [0.3, 0.4) is 0 Å². The number of benzene rings is 1. The van der Waals surface area contributed by atoms with Crippen LogP contribution in [0.2, 0.25) is 0 Å². The second kappa shape index (κ2) is 5.82. The molecule has 1 aliphatic heterocycles. The Labute approximate surface area is 139 Å². The number of sulfonamides is 1. The Bertz CT molecular complexity index is 904. The smallest absolute Gasteiger partial charge is 0.265 e. The van der Waals surface area contributed by atoms with E-state index in [-0.39, 0.29) is 16.6 Å². The van der Waals surface area contributed by atoms with Crippen LogP contribution in [0, 0.1) is 6.92 Å². The minimum absolute atomic E-state index is 0.0140. The number of hydrogen-bond donors (Lipinski definition) is 3. The minimum Gasteiger partial charge on any atom is -0.479 e. The number of carbonyl (C=O) groups excluding carboxylic acids is 1. The summed E-state index contributed by atoms with van der Waals surface area (Å²) in [5.74, 6) is 0.379. The first-order valence-corrected chi connectivity index (χ1v) is 8.98. The van der Waals surface area contributed by atoms with Gasteiger partial charge in [-0.1, -0.05) is 6.92 Å². The molecule has 3 rings (SSSR count). The van der Waals surface area contributed by atoms with E-state index in [9.17, 15) is 13.2 Å². The van der Waals surface area contributed by atoms with Crippen molar-refractivity contribution in [2.24, 2.45) is 0 Å². The summed E-state index contributed by atoms with van der Waals surface area (Å²) in [6, 6.07) is 4.31. The molecular formula is C15H18N4O4S. The molecule has 0 bridgehead atoms. The van der Waals surface area contributed by atoms with E-state index in [2.05, 4.69) is 20.2 Å². The summed E-state index contributed by atoms with van der Waals surface area (Å²) in [5.41, 5.74) is 1.95. The molecule has 0 saturated heterocycles. The van der Waals surface area contributed by atoms with Gasteiger partial charge in [0.25, 0.3) is 15.9 Å². The topological polar surface area (TPSA) is 113 Å². The fourth-order valence-corrected chi connectivity index (χ4v) is 3.51. The van der Waals surface area contributed by atoms with Gasteiger partial charge in [0.05, 0.1) is 10.6 Å². The molecule has 9 heteroatoms. The van der Waals surface area contributed by atoms with Crippen molar-refractivity contribution in [2.75, 3.05) is 10.0 Å². The van der Waals surface area contributed by atoms with Gasteiger partial charge in [0.1, 0.15) is 5.75 Å². The number of hydrogen-bond acceptors (Lipinski definition) is 5. The van der Waals surface area contributed by atoms with Crippen molar-refractivity contribution < 1.29 is 17.9 Å². The van der Waals surface area contributed by atoms with Gasteiger partial charge in [-0.3, -0.25) is 14.6 Å². The highest BCUT2D eigenvalue weighted by Gasteiger charge is 2.26. The number of H-pyrrole nitrogens is 1. The van der Waals surface area contributed by atoms with Crippen molar-refractivity contribution in [2.45, 2.75) is 38.2 Å². The molecule has 1 aromatic heterocycles. The Hall–Kier alpha value is -2.55. The normalized spacial score (nSPS) is 17.0. The van der Waals surface area contributed by atoms with Crippen molar-refractivity contribution in [1.82, 2.24) is 10.2 Å². The average Bonchev–Trinajstić information content (AvgIpc) is 2.87. The van der Waals surface area contributed by atoms with Gasteiger partial charge in [-0.25, -0.2) is 8.42 Å². The number of anilines is 2. The number of amides is 1. The largest absolute Gasteiger partial charge is 0.479 e. The summed E-state index contributed by atoms with van der Waals surface area (Å²) in [5, 5.41) is 9.43. The zero-order chi connectivity index (χ0) is 17.5. The van der Waals surface area contributed by atoms with Gasteiger partial charge in [0.2, 0.25) is 0 Å². The number of aromatic amines is 1. The monoisotopic (exact) mass is 350 g/mol. The Balaban J connectivity index is 1.91. The summed E-state index contributed by atoms with van der Waals surface area (Å²) in [6.45, 7) is 5.37. The zero-order valence-corrected chi connectivity index (χ0v) is 14.3. The molecule has 1 atom stereocenters. The summed E-state index contributed by atoms with van der Waals surface area (Å²) in [6.07, 6.45) is 0.110. The Morgan fingerprint density at radius 1 is 1.38 bits per heavy atom. The molecule has 0 spiro atoms. The van der Waals surface area contributed by atoms with Crippen LogP contribution >= 0.6 is 0 Å². The lowest BCUT2D eigenvalue weighted by atomic mass is 10.2. The highest BCUT2D eigenvalue weighted by Crippen LogP contribution is 2.32. The van der Waals surface area contributed by atoms with Gasteiger partial charge in [0.15, 0.2) is 11.9 Å². The lowest BCUT2D eigenvalue weighted by molar-refractivity contribution is -0.122. The van der Waals surface area contributed by atoms with Crippen LogP contribution in [0.15, 0.2) is 23.1 Å². The fraction of sp³-hybridized carbons (Fsp3) is 0.333. The van der Waals surface area contributed by atoms with Crippen LogP contribution in [0.5, 0.6) is 5.75 Å². The van der Waals surface area contributed by atoms with Crippen molar-refractivity contribution in [3.63, 3.8) is 0 Å². The highest BCUT2D eigenvalue weighted by molar-refractivity contribution is 7.92. The number of aromatic nitrogens is 2. The van der Waals surface area contributed by atoms with Gasteiger partial charge in [-0.05, 0) is 38.5 Å². The molecule has 2 aromatic rings. The molecule has 8 nitrogen and oxygen atoms in total. The third kappa shape index (κ3) is 2.82. The first-order chi connectivity index (χ1) is 11.3. The van der Waals surface area contributed by atoms with Crippen LogP contribution < -0.4 is 14.8 Å². The van der Waals surface area contributed by atoms with Gasteiger partial charge < -0.3 is 10.1 Å². The maximum absolute atomic E-state index is 12.6. The van der Waals surface area contributed by atoms with Gasteiger partial charge in [-0.15, -0.1) is 0 Å². The van der Waals surface area contributed by atoms with Crippen molar-refractivity contribution in [1.29, 1.82) is 0 Å². The first-order valence-electron chi connectivity index (χ1n) is 7.50. The van der Waals surface area contributed by atoms with E-state index in [0.717, 1.165) is 17.7 Å². The number of fused-ring (bicyclic) bond motifs is 1. The number of carbonyl (C=O) groups is 1. The molecule has 1 aliphatic rings. The maximum Gasteiger partial charge on any atom is 0.265 e. The lowest BCUT2D eigenvalue weighted by Crippen LogP contribution is -2.34. The van der Waals surface area contributed by atoms with Crippen LogP contribution in [0.1, 0.15) is 25.1 Å². The standard InChI is InChI=1S/C15H18N4O4S/c1-4-11-8(2)14(18-17-11)19-24(21,22)10-5-6-13-12(7-10)16-15(20)9(3)23-13/h5-7,9H,4H2,1-3H3,(H,16,20)(H2,17,18,19)/t9-/m1/s1. The maximum atomic E-state index is 12.6. The summed E-state index contributed by atoms with van der Waals surface area (Å²) >= 11 is 0. The Morgan fingerprint density at radius 2 is 2.12 bits per heavy atom. The molecule has 24 heavy (non-hydrogen) atoms. The van der Waals surface area contributed by atoms with E-state index in [1.807, 2.05) is 6.92 Å². The van der Waals surface area contributed by atoms with E-state index in [1.54, 1.807) is 13.8 Å². The van der Waals surface area contributed by atoms with E-state index in [4.69, 9.17) is 4.74 Å². The minimum atomic E-state index is -3.83. The van der Waals surface area contributed by atoms with Gasteiger partial charge >= 0.3 is 0 Å². The Morgan fingerprint density at radius 3 is 2.79 bits per heavy atom. The number of nitrogens with one attached hydrogen (secondary N) is 3. The predicted octanol–water partition coefficient (Wildman–Crippen LogP) is 1.80. The number of nitrogens with zero attached hydrogens (tertiary/aromatic N) is 1. The van der Waals surface area contributed by atoms with E-state index < -0.39 is 16.1 Å². The first kappa shape index (κ1) is 16.3. The van der Waals surface area contributed by atoms with Crippen LogP contribution in [-0.4, -0.2) is 30.6 Å². The Kier molecular flexibility index (Phi) is 3.96. The molecule has 0 radical (unpaired) electrons. The second-order valence-corrected chi connectivity index (χ2v) is 7.22. The van der Waals surface area contributed by atoms with Crippen molar-refractivity contribution in [3.8, 4) is 5.75 Å². The zero-order valence-electron chi connectivity index (χ0n) is 13.5. The predicted molar refractivity (Wildman–Crippen MR) is 88.7 cm³/mol. The summed E-state index contributed by atoms with van der Waals surface area (Å²) < 4.78 is 33.0. The molecule has 0 saturated carbocycles. The van der Waals surface area contributed by atoms with E-state index >= 15 is 0 Å². The third-order valence-electron chi connectivity index (χ3n) is 3.89. The SMILES string of the molecule is CCc1[nH]nc(NS(=O)(=O)c2ccc3c(c2)NC(=O)[C@@H](C)O3)c1C. The molecule has 1 aromatic carbocycles. The van der Waals surface area contributed by atoms with Crippen LogP contribution in [0.25, 0.3) is 0 Å². The highest BCUT2D eigenvalue weighted by atomic mass is 32.2. The lowest BCUT2D eigenvalue weighted by Gasteiger charge is -2.23. The second-order valence-electron chi connectivity index (χ2n) is 5.54. The number of aryl methyl sites for hydroxylation is 1. The molecule has 1 amide bonds. The molecule has 0 aliphatic carbocycles. The van der Waals surface area contributed by atoms with Crippen molar-refractivity contribution in [3.05, 3.63) is 29.5 Å². The summed E-state index contributed by atoms with van der Waals surface area (Å²) in [7, 11) is -3.83. The third-order valence-corrected chi connectivity index (χ3v) is 5.22. The number of rotatable bonds is 4. The fourth-order valence-electron chi connectivity index (χ4n) is 2.42. The van der Waals surface area contributed by atoms with Crippen molar-refractivity contribution >= 4 is 27.4 Å². The molecule has 128 valence electrons. The number of ether oxygens (including phenoxy) is 1. The van der Waals surface area contributed by atoms with Crippen LogP contribution in [-0.2, 0) is 21.2 Å². The molecule has 0 fully saturated rings. The molecule has 0 unspecified atom stereocenters. The molecule has 2 heterocycles. The quantitative estimate of drug-likeness (QED) is 0.778. The average molecular weight is 350 g/mol.